The number of benzene rings is 1. The van der Waals surface area contributed by atoms with Crippen molar-refractivity contribution < 1.29 is 19.1 Å². The molecule has 1 atom stereocenters. The van der Waals surface area contributed by atoms with Gasteiger partial charge < -0.3 is 20.1 Å². The van der Waals surface area contributed by atoms with Crippen LogP contribution in [0, 0.1) is 0 Å². The molecule has 0 unspecified atom stereocenters. The molecule has 1 aliphatic heterocycles. The maximum absolute atomic E-state index is 12.3. The minimum absolute atomic E-state index is 0.109. The molecule has 7 nitrogen and oxygen atoms in total. The first-order valence-electron chi connectivity index (χ1n) is 8.63. The lowest BCUT2D eigenvalue weighted by Crippen LogP contribution is -2.56. The van der Waals surface area contributed by atoms with Crippen LogP contribution in [0.1, 0.15) is 18.9 Å². The van der Waals surface area contributed by atoms with Gasteiger partial charge in [-0.2, -0.15) is 0 Å². The summed E-state index contributed by atoms with van der Waals surface area (Å²) >= 11 is 0. The van der Waals surface area contributed by atoms with E-state index in [4.69, 9.17) is 9.47 Å². The zero-order valence-electron chi connectivity index (χ0n) is 14.9. The molecule has 2 N–H and O–H groups in total. The summed E-state index contributed by atoms with van der Waals surface area (Å²) in [7, 11) is 1.58. The second-order valence-corrected chi connectivity index (χ2v) is 5.86. The van der Waals surface area contributed by atoms with Crippen molar-refractivity contribution in [1.82, 2.24) is 15.5 Å². The maximum atomic E-state index is 12.3. The summed E-state index contributed by atoms with van der Waals surface area (Å²) in [5.74, 6) is 0.559. The van der Waals surface area contributed by atoms with Crippen LogP contribution in [0.3, 0.4) is 0 Å². The van der Waals surface area contributed by atoms with Crippen LogP contribution in [0.2, 0.25) is 0 Å². The summed E-state index contributed by atoms with van der Waals surface area (Å²) in [6.07, 6.45) is 0.131. The van der Waals surface area contributed by atoms with Crippen molar-refractivity contribution in [2.45, 2.75) is 25.9 Å². The molecule has 25 heavy (non-hydrogen) atoms. The van der Waals surface area contributed by atoms with E-state index in [-0.39, 0.29) is 18.2 Å². The van der Waals surface area contributed by atoms with Gasteiger partial charge in [-0.1, -0.05) is 18.2 Å². The lowest BCUT2D eigenvalue weighted by atomic mass is 10.1. The number of nitrogens with one attached hydrogen (secondary N) is 2. The summed E-state index contributed by atoms with van der Waals surface area (Å²) in [4.78, 5) is 26.4. The van der Waals surface area contributed by atoms with E-state index in [1.807, 2.05) is 36.1 Å². The molecule has 1 fully saturated rings. The zero-order valence-corrected chi connectivity index (χ0v) is 14.9. The number of carbonyl (C=O) groups is 2. The van der Waals surface area contributed by atoms with Crippen LogP contribution < -0.4 is 15.4 Å². The van der Waals surface area contributed by atoms with Gasteiger partial charge in [0.05, 0.1) is 25.7 Å². The third-order valence-electron chi connectivity index (χ3n) is 4.09. The fourth-order valence-electron chi connectivity index (χ4n) is 2.86. The standard InChI is InChI=1S/C18H27N3O4/c1-3-25-16-7-5-4-6-14(16)13-21-10-8-20-18(23)15(21)12-17(22)19-9-11-24-2/h4-7,15H,3,8-13H2,1-2H3,(H,19,22)(H,20,23)/t15-/m1/s1. The van der Waals surface area contributed by atoms with E-state index >= 15 is 0 Å². The molecule has 1 saturated heterocycles. The first-order valence-corrected chi connectivity index (χ1v) is 8.63. The Hall–Kier alpha value is -2.12. The minimum atomic E-state index is -0.481. The van der Waals surface area contributed by atoms with Crippen molar-refractivity contribution in [3.8, 4) is 5.75 Å². The highest BCUT2D eigenvalue weighted by molar-refractivity contribution is 5.88. The molecule has 0 bridgehead atoms. The predicted octanol–water partition coefficient (Wildman–Crippen LogP) is 0.538. The number of rotatable bonds is 9. The highest BCUT2D eigenvalue weighted by Gasteiger charge is 2.31. The number of piperazine rings is 1. The lowest BCUT2D eigenvalue weighted by Gasteiger charge is -2.35. The highest BCUT2D eigenvalue weighted by atomic mass is 16.5. The van der Waals surface area contributed by atoms with Crippen molar-refractivity contribution >= 4 is 11.8 Å². The molecule has 2 amide bonds. The Morgan fingerprint density at radius 1 is 1.40 bits per heavy atom. The summed E-state index contributed by atoms with van der Waals surface area (Å²) < 4.78 is 10.6. The van der Waals surface area contributed by atoms with Crippen LogP contribution >= 0.6 is 0 Å². The van der Waals surface area contributed by atoms with E-state index in [0.29, 0.717) is 39.4 Å². The van der Waals surface area contributed by atoms with Gasteiger partial charge in [0.15, 0.2) is 0 Å². The first kappa shape index (κ1) is 19.2. The molecule has 0 saturated carbocycles. The van der Waals surface area contributed by atoms with Crippen LogP contribution in [-0.4, -0.2) is 62.7 Å². The average molecular weight is 349 g/mol. The molecule has 1 aliphatic rings. The van der Waals surface area contributed by atoms with Crippen molar-refractivity contribution in [1.29, 1.82) is 0 Å². The van der Waals surface area contributed by atoms with E-state index in [2.05, 4.69) is 10.6 Å². The largest absolute Gasteiger partial charge is 0.494 e. The number of amides is 2. The summed E-state index contributed by atoms with van der Waals surface area (Å²) in [5.41, 5.74) is 1.02. The molecular weight excluding hydrogens is 322 g/mol. The quantitative estimate of drug-likeness (QED) is 0.636. The Bertz CT molecular complexity index is 579. The molecule has 1 heterocycles. The van der Waals surface area contributed by atoms with E-state index < -0.39 is 6.04 Å². The minimum Gasteiger partial charge on any atom is -0.494 e. The number of hydrogen-bond acceptors (Lipinski definition) is 5. The molecule has 0 radical (unpaired) electrons. The van der Waals surface area contributed by atoms with Crippen LogP contribution in [0.5, 0.6) is 5.75 Å². The third-order valence-corrected chi connectivity index (χ3v) is 4.09. The average Bonchev–Trinajstić information content (AvgIpc) is 2.60. The molecule has 1 aromatic carbocycles. The lowest BCUT2D eigenvalue weighted by molar-refractivity contribution is -0.134. The summed E-state index contributed by atoms with van der Waals surface area (Å²) in [6, 6.07) is 7.32. The molecule has 2 rings (SSSR count). The van der Waals surface area contributed by atoms with Gasteiger partial charge in [0.1, 0.15) is 5.75 Å². The molecule has 0 spiro atoms. The van der Waals surface area contributed by atoms with Gasteiger partial charge >= 0.3 is 0 Å². The molecule has 0 aromatic heterocycles. The predicted molar refractivity (Wildman–Crippen MR) is 94.3 cm³/mol. The zero-order chi connectivity index (χ0) is 18.1. The number of para-hydroxylation sites is 1. The van der Waals surface area contributed by atoms with E-state index in [9.17, 15) is 9.59 Å². The number of carbonyl (C=O) groups excluding carboxylic acids is 2. The number of methoxy groups -OCH3 is 1. The van der Waals surface area contributed by atoms with E-state index in [1.54, 1.807) is 7.11 Å². The molecule has 138 valence electrons. The fraction of sp³-hybridized carbons (Fsp3) is 0.556. The van der Waals surface area contributed by atoms with Crippen LogP contribution in [0.4, 0.5) is 0 Å². The monoisotopic (exact) mass is 349 g/mol. The van der Waals surface area contributed by atoms with E-state index in [1.165, 1.54) is 0 Å². The Kier molecular flexibility index (Phi) is 7.69. The van der Waals surface area contributed by atoms with Gasteiger partial charge in [-0.25, -0.2) is 0 Å². The Balaban J connectivity index is 2.04. The second kappa shape index (κ2) is 10.0. The van der Waals surface area contributed by atoms with Crippen LogP contribution in [-0.2, 0) is 20.9 Å². The Labute approximate surface area is 148 Å². The topological polar surface area (TPSA) is 79.9 Å². The highest BCUT2D eigenvalue weighted by Crippen LogP contribution is 2.22. The van der Waals surface area contributed by atoms with Crippen molar-refractivity contribution in [3.05, 3.63) is 29.8 Å². The number of nitrogens with zero attached hydrogens (tertiary/aromatic N) is 1. The number of hydrogen-bond donors (Lipinski definition) is 2. The maximum Gasteiger partial charge on any atom is 0.237 e. The van der Waals surface area contributed by atoms with Crippen molar-refractivity contribution in [2.75, 3.05) is 40.0 Å². The first-order chi connectivity index (χ1) is 12.2. The molecular formula is C18H27N3O4. The van der Waals surface area contributed by atoms with Gasteiger partial charge in [0, 0.05) is 38.9 Å². The Morgan fingerprint density at radius 2 is 2.20 bits per heavy atom. The summed E-state index contributed by atoms with van der Waals surface area (Å²) in [5, 5.41) is 5.62. The number of ether oxygens (including phenoxy) is 2. The SMILES string of the molecule is CCOc1ccccc1CN1CCNC(=O)[C@H]1CC(=O)NCCOC. The molecule has 0 aliphatic carbocycles. The molecule has 7 heteroatoms. The van der Waals surface area contributed by atoms with Crippen molar-refractivity contribution in [2.24, 2.45) is 0 Å². The van der Waals surface area contributed by atoms with Gasteiger partial charge in [-0.3, -0.25) is 14.5 Å². The smallest absolute Gasteiger partial charge is 0.237 e. The van der Waals surface area contributed by atoms with Gasteiger partial charge in [0.2, 0.25) is 11.8 Å². The normalized spacial score (nSPS) is 17.8. The van der Waals surface area contributed by atoms with Crippen LogP contribution in [0.25, 0.3) is 0 Å². The summed E-state index contributed by atoms with van der Waals surface area (Å²) in [6.45, 7) is 5.27. The Morgan fingerprint density at radius 3 is 2.96 bits per heavy atom. The van der Waals surface area contributed by atoms with Gasteiger partial charge in [0.25, 0.3) is 0 Å². The fourth-order valence-corrected chi connectivity index (χ4v) is 2.86. The van der Waals surface area contributed by atoms with Gasteiger partial charge in [-0.05, 0) is 13.0 Å². The van der Waals surface area contributed by atoms with Gasteiger partial charge in [-0.15, -0.1) is 0 Å². The van der Waals surface area contributed by atoms with Crippen LogP contribution in [0.15, 0.2) is 24.3 Å². The second-order valence-electron chi connectivity index (χ2n) is 5.86. The molecule has 1 aromatic rings. The third kappa shape index (κ3) is 5.72. The van der Waals surface area contributed by atoms with Crippen molar-refractivity contribution in [3.63, 3.8) is 0 Å². The van der Waals surface area contributed by atoms with E-state index in [0.717, 1.165) is 11.3 Å².